The monoisotopic (exact) mass is 529 g/mol. The van der Waals surface area contributed by atoms with Gasteiger partial charge in [0.25, 0.3) is 11.8 Å². The summed E-state index contributed by atoms with van der Waals surface area (Å²) in [7, 11) is 0. The molecule has 0 atom stereocenters. The number of rotatable bonds is 3. The lowest BCUT2D eigenvalue weighted by molar-refractivity contribution is -0.122. The number of carbonyl (C=O) groups is 3. The van der Waals surface area contributed by atoms with Crippen LogP contribution in [-0.4, -0.2) is 22.4 Å². The molecular weight excluding hydrogens is 513 g/mol. The predicted molar refractivity (Wildman–Crippen MR) is 128 cm³/mol. The summed E-state index contributed by atoms with van der Waals surface area (Å²) in [6, 6.07) is 10.5. The van der Waals surface area contributed by atoms with E-state index in [2.05, 4.69) is 21.2 Å². The van der Waals surface area contributed by atoms with Gasteiger partial charge >= 0.3 is 6.03 Å². The van der Waals surface area contributed by atoms with Crippen LogP contribution in [0.3, 0.4) is 0 Å². The third-order valence-corrected chi connectivity index (χ3v) is 6.41. The maximum Gasteiger partial charge on any atom is 0.335 e. The van der Waals surface area contributed by atoms with E-state index >= 15 is 0 Å². The lowest BCUT2D eigenvalue weighted by atomic mass is 10.1. The molecule has 0 radical (unpaired) electrons. The molecule has 0 saturated carbocycles. The van der Waals surface area contributed by atoms with E-state index in [0.717, 1.165) is 4.90 Å². The number of halogens is 3. The average molecular weight is 531 g/mol. The number of carbonyl (C=O) groups excluding carboxylic acids is 3. The van der Waals surface area contributed by atoms with Gasteiger partial charge in [-0.1, -0.05) is 33.6 Å². The molecule has 1 N–H and O–H groups in total. The van der Waals surface area contributed by atoms with Crippen molar-refractivity contribution >= 4 is 57.1 Å². The van der Waals surface area contributed by atoms with Gasteiger partial charge in [-0.05, 0) is 74.4 Å². The van der Waals surface area contributed by atoms with Gasteiger partial charge in [-0.3, -0.25) is 14.9 Å². The van der Waals surface area contributed by atoms with Crippen molar-refractivity contribution in [2.24, 2.45) is 0 Å². The van der Waals surface area contributed by atoms with Crippen molar-refractivity contribution in [1.82, 2.24) is 9.88 Å². The molecule has 0 aliphatic carbocycles. The number of nitrogens with one attached hydrogen (secondary N) is 1. The second-order valence-corrected chi connectivity index (χ2v) is 8.92. The minimum atomic E-state index is -0.852. The molecule has 2 aromatic carbocycles. The smallest absolute Gasteiger partial charge is 0.315 e. The van der Waals surface area contributed by atoms with Gasteiger partial charge in [0.15, 0.2) is 0 Å². The van der Waals surface area contributed by atoms with Gasteiger partial charge in [-0.15, -0.1) is 0 Å². The number of benzene rings is 2. The number of nitrogens with zero attached hydrogens (tertiary/aromatic N) is 2. The first-order valence-electron chi connectivity index (χ1n) is 9.91. The second kappa shape index (κ2) is 8.61. The Bertz CT molecular complexity index is 1380. The number of hydrogen-bond donors (Lipinski definition) is 1. The van der Waals surface area contributed by atoms with Crippen LogP contribution in [0.4, 0.5) is 14.9 Å². The Hall–Kier alpha value is -3.23. The van der Waals surface area contributed by atoms with Crippen molar-refractivity contribution in [3.8, 4) is 5.69 Å². The first-order chi connectivity index (χ1) is 15.6. The minimum absolute atomic E-state index is 0.217. The Kier molecular flexibility index (Phi) is 5.99. The van der Waals surface area contributed by atoms with Gasteiger partial charge in [-0.25, -0.2) is 14.1 Å². The van der Waals surface area contributed by atoms with Crippen LogP contribution in [0.25, 0.3) is 11.8 Å². The highest BCUT2D eigenvalue weighted by Gasteiger charge is 2.37. The van der Waals surface area contributed by atoms with Crippen LogP contribution < -0.4 is 10.2 Å². The molecule has 4 rings (SSSR count). The Balaban J connectivity index is 1.80. The minimum Gasteiger partial charge on any atom is -0.315 e. The summed E-state index contributed by atoms with van der Waals surface area (Å²) in [5.41, 5.74) is 2.82. The molecule has 6 nitrogen and oxygen atoms in total. The SMILES string of the molecule is Cc1c(Cl)cccc1N1C(=O)NC(=O)/C(=C\c2cc(C)n(-c3ccc(Br)cc3F)c2C)C1=O. The standard InChI is InChI=1S/C24H18BrClFN3O3/c1-12-9-15(14(3)29(12)21-8-7-16(25)11-19(21)27)10-17-22(31)28-24(33)30(23(17)32)20-6-4-5-18(26)13(20)2/h4-11H,1-3H3,(H,28,31,33)/b17-10+. The van der Waals surface area contributed by atoms with Crippen molar-refractivity contribution in [3.63, 3.8) is 0 Å². The number of urea groups is 1. The fourth-order valence-electron chi connectivity index (χ4n) is 3.84. The molecule has 1 aromatic heterocycles. The van der Waals surface area contributed by atoms with Crippen LogP contribution in [0.15, 0.2) is 52.5 Å². The van der Waals surface area contributed by atoms with E-state index in [-0.39, 0.29) is 11.3 Å². The molecule has 4 amide bonds. The largest absolute Gasteiger partial charge is 0.335 e. The van der Waals surface area contributed by atoms with E-state index in [9.17, 15) is 18.8 Å². The highest BCUT2D eigenvalue weighted by Crippen LogP contribution is 2.31. The third-order valence-electron chi connectivity index (χ3n) is 5.50. The molecule has 3 aromatic rings. The maximum absolute atomic E-state index is 14.6. The lowest BCUT2D eigenvalue weighted by Crippen LogP contribution is -2.54. The van der Waals surface area contributed by atoms with E-state index in [1.165, 1.54) is 12.1 Å². The Labute approximate surface area is 202 Å². The molecule has 168 valence electrons. The average Bonchev–Trinajstić information content (AvgIpc) is 3.01. The Morgan fingerprint density at radius 2 is 1.76 bits per heavy atom. The lowest BCUT2D eigenvalue weighted by Gasteiger charge is -2.27. The second-order valence-electron chi connectivity index (χ2n) is 7.60. The molecule has 0 bridgehead atoms. The van der Waals surface area contributed by atoms with Gasteiger partial charge in [0.05, 0.1) is 11.4 Å². The van der Waals surface area contributed by atoms with Gasteiger partial charge in [0.2, 0.25) is 0 Å². The highest BCUT2D eigenvalue weighted by atomic mass is 79.9. The number of hydrogen-bond acceptors (Lipinski definition) is 3. The predicted octanol–water partition coefficient (Wildman–Crippen LogP) is 5.62. The van der Waals surface area contributed by atoms with Gasteiger partial charge in [-0.2, -0.15) is 0 Å². The number of aryl methyl sites for hydroxylation is 1. The molecule has 33 heavy (non-hydrogen) atoms. The van der Waals surface area contributed by atoms with E-state index in [4.69, 9.17) is 11.6 Å². The molecular formula is C24H18BrClFN3O3. The normalized spacial score (nSPS) is 15.4. The summed E-state index contributed by atoms with van der Waals surface area (Å²) < 4.78 is 16.9. The molecule has 1 fully saturated rings. The van der Waals surface area contributed by atoms with Gasteiger partial charge in [0, 0.05) is 20.9 Å². The first-order valence-corrected chi connectivity index (χ1v) is 11.1. The van der Waals surface area contributed by atoms with Crippen molar-refractivity contribution in [2.45, 2.75) is 20.8 Å². The van der Waals surface area contributed by atoms with E-state index in [0.29, 0.717) is 37.7 Å². The number of aromatic nitrogens is 1. The van der Waals surface area contributed by atoms with Crippen molar-refractivity contribution in [3.05, 3.63) is 85.9 Å². The molecule has 0 spiro atoms. The maximum atomic E-state index is 14.6. The number of anilines is 1. The summed E-state index contributed by atoms with van der Waals surface area (Å²) in [6.45, 7) is 5.24. The summed E-state index contributed by atoms with van der Waals surface area (Å²) in [4.78, 5) is 39.2. The highest BCUT2D eigenvalue weighted by molar-refractivity contribution is 9.10. The zero-order valence-electron chi connectivity index (χ0n) is 17.9. The Morgan fingerprint density at radius 3 is 2.45 bits per heavy atom. The number of amides is 4. The van der Waals surface area contributed by atoms with E-state index < -0.39 is 23.7 Å². The number of imide groups is 2. The summed E-state index contributed by atoms with van der Waals surface area (Å²) in [6.07, 6.45) is 1.41. The van der Waals surface area contributed by atoms with Gasteiger partial charge < -0.3 is 4.57 Å². The van der Waals surface area contributed by atoms with Crippen LogP contribution in [0, 0.1) is 26.6 Å². The molecule has 9 heteroatoms. The van der Waals surface area contributed by atoms with Crippen LogP contribution >= 0.6 is 27.5 Å². The molecule has 1 saturated heterocycles. The van der Waals surface area contributed by atoms with Crippen molar-refractivity contribution in [2.75, 3.05) is 4.90 Å². The summed E-state index contributed by atoms with van der Waals surface area (Å²) in [5.74, 6) is -2.00. The van der Waals surface area contributed by atoms with Crippen molar-refractivity contribution < 1.29 is 18.8 Å². The van der Waals surface area contributed by atoms with Crippen LogP contribution in [0.1, 0.15) is 22.5 Å². The van der Waals surface area contributed by atoms with Crippen molar-refractivity contribution in [1.29, 1.82) is 0 Å². The topological polar surface area (TPSA) is 71.4 Å². The van der Waals surface area contributed by atoms with Gasteiger partial charge in [0.1, 0.15) is 11.4 Å². The number of barbiturate groups is 1. The van der Waals surface area contributed by atoms with Crippen LogP contribution in [-0.2, 0) is 9.59 Å². The molecule has 0 unspecified atom stereocenters. The first kappa shape index (κ1) is 22.9. The quantitative estimate of drug-likeness (QED) is 0.353. The molecule has 2 heterocycles. The Morgan fingerprint density at radius 1 is 1.03 bits per heavy atom. The van der Waals surface area contributed by atoms with Crippen LogP contribution in [0.2, 0.25) is 5.02 Å². The molecule has 1 aliphatic heterocycles. The molecule has 1 aliphatic rings. The fraction of sp³-hybridized carbons (Fsp3) is 0.125. The zero-order valence-corrected chi connectivity index (χ0v) is 20.2. The zero-order chi connectivity index (χ0) is 24.0. The summed E-state index contributed by atoms with van der Waals surface area (Å²) in [5, 5.41) is 2.59. The van der Waals surface area contributed by atoms with E-state index in [1.54, 1.807) is 61.7 Å². The third kappa shape index (κ3) is 4.00. The fourth-order valence-corrected chi connectivity index (χ4v) is 4.34. The van der Waals surface area contributed by atoms with Crippen LogP contribution in [0.5, 0.6) is 0 Å². The van der Waals surface area contributed by atoms with E-state index in [1.807, 2.05) is 0 Å². The summed E-state index contributed by atoms with van der Waals surface area (Å²) >= 11 is 9.41.